The fourth-order valence-corrected chi connectivity index (χ4v) is 1.79. The average molecular weight is 217 g/mol. The van der Waals surface area contributed by atoms with Gasteiger partial charge in [-0.2, -0.15) is 0 Å². The molecule has 0 saturated carbocycles. The molecular formula is C11H15N5. The van der Waals surface area contributed by atoms with Gasteiger partial charge >= 0.3 is 0 Å². The lowest BCUT2D eigenvalue weighted by Crippen LogP contribution is -2.33. The number of aliphatic imine (C=N–C) groups is 1. The summed E-state index contributed by atoms with van der Waals surface area (Å²) in [5.74, 6) is 0. The predicted octanol–water partition coefficient (Wildman–Crippen LogP) is 0.210. The molecule has 0 atom stereocenters. The van der Waals surface area contributed by atoms with Crippen LogP contribution >= 0.6 is 0 Å². The van der Waals surface area contributed by atoms with Gasteiger partial charge in [0.1, 0.15) is 6.33 Å². The van der Waals surface area contributed by atoms with E-state index < -0.39 is 0 Å². The Bertz CT molecular complexity index is 421. The van der Waals surface area contributed by atoms with Gasteiger partial charge in [-0.3, -0.25) is 4.99 Å². The summed E-state index contributed by atoms with van der Waals surface area (Å²) in [6.45, 7) is 1.71. The first-order valence-electron chi connectivity index (χ1n) is 5.23. The minimum Gasteiger partial charge on any atom is -0.398 e. The van der Waals surface area contributed by atoms with Crippen LogP contribution in [0.5, 0.6) is 0 Å². The minimum atomic E-state index is 0.739. The van der Waals surface area contributed by atoms with E-state index in [9.17, 15) is 0 Å². The maximum Gasteiger partial charge on any atom is 0.115 e. The van der Waals surface area contributed by atoms with Crippen molar-refractivity contribution in [2.45, 2.75) is 6.42 Å². The van der Waals surface area contributed by atoms with Crippen molar-refractivity contribution in [3.8, 4) is 0 Å². The van der Waals surface area contributed by atoms with E-state index in [0.29, 0.717) is 0 Å². The van der Waals surface area contributed by atoms with Gasteiger partial charge in [0.05, 0.1) is 5.71 Å². The van der Waals surface area contributed by atoms with Crippen LogP contribution in [-0.4, -0.2) is 35.8 Å². The van der Waals surface area contributed by atoms with Crippen molar-refractivity contribution in [3.05, 3.63) is 29.9 Å². The van der Waals surface area contributed by atoms with Gasteiger partial charge in [0.2, 0.25) is 0 Å². The molecule has 1 aromatic heterocycles. The maximum atomic E-state index is 6.13. The first-order valence-corrected chi connectivity index (χ1v) is 5.23. The molecule has 5 nitrogen and oxygen atoms in total. The molecule has 0 aliphatic carbocycles. The van der Waals surface area contributed by atoms with Crippen LogP contribution in [0.15, 0.2) is 29.3 Å². The first kappa shape index (κ1) is 10.8. The summed E-state index contributed by atoms with van der Waals surface area (Å²) < 4.78 is 0. The first-order chi connectivity index (χ1) is 7.83. The lowest BCUT2D eigenvalue weighted by molar-refractivity contribution is 0.731. The summed E-state index contributed by atoms with van der Waals surface area (Å²) in [5, 5.41) is 3.27. The molecule has 1 aliphatic rings. The minimum absolute atomic E-state index is 0.739. The average Bonchev–Trinajstić information content (AvgIpc) is 2.39. The quantitative estimate of drug-likeness (QED) is 0.705. The number of nitrogens with one attached hydrogen (secondary N) is 1. The maximum absolute atomic E-state index is 6.13. The molecule has 1 aromatic rings. The highest BCUT2D eigenvalue weighted by molar-refractivity contribution is 6.07. The molecule has 3 N–H and O–H groups in total. The van der Waals surface area contributed by atoms with Crippen LogP contribution in [0, 0.1) is 0 Å². The molecule has 2 heterocycles. The Labute approximate surface area is 94.5 Å². The van der Waals surface area contributed by atoms with Gasteiger partial charge in [-0.05, 0) is 18.5 Å². The second-order valence-corrected chi connectivity index (χ2v) is 3.62. The van der Waals surface area contributed by atoms with Gasteiger partial charge in [0.25, 0.3) is 0 Å². The SMILES string of the molecule is CN=C1CNCCC1=C(N)c1cncnc1. The van der Waals surface area contributed by atoms with Crippen LogP contribution in [0.1, 0.15) is 12.0 Å². The lowest BCUT2D eigenvalue weighted by Gasteiger charge is -2.20. The van der Waals surface area contributed by atoms with Gasteiger partial charge in [-0.25, -0.2) is 9.97 Å². The third-order valence-electron chi connectivity index (χ3n) is 2.66. The second kappa shape index (κ2) is 4.85. The van der Waals surface area contributed by atoms with Crippen LogP contribution in [0.3, 0.4) is 0 Å². The Balaban J connectivity index is 2.39. The van der Waals surface area contributed by atoms with Crippen LogP contribution in [0.25, 0.3) is 5.70 Å². The molecule has 0 amide bonds. The summed E-state index contributed by atoms with van der Waals surface area (Å²) in [5.41, 5.74) is 9.86. The van der Waals surface area contributed by atoms with Gasteiger partial charge in [-0.15, -0.1) is 0 Å². The van der Waals surface area contributed by atoms with E-state index >= 15 is 0 Å². The smallest absolute Gasteiger partial charge is 0.115 e. The molecule has 2 rings (SSSR count). The molecule has 1 aliphatic heterocycles. The monoisotopic (exact) mass is 217 g/mol. The molecule has 84 valence electrons. The molecule has 0 radical (unpaired) electrons. The van der Waals surface area contributed by atoms with E-state index in [1.54, 1.807) is 19.4 Å². The van der Waals surface area contributed by atoms with Gasteiger partial charge in [0.15, 0.2) is 0 Å². The van der Waals surface area contributed by atoms with Crippen molar-refractivity contribution in [3.63, 3.8) is 0 Å². The topological polar surface area (TPSA) is 76.2 Å². The highest BCUT2D eigenvalue weighted by Crippen LogP contribution is 2.17. The summed E-state index contributed by atoms with van der Waals surface area (Å²) in [7, 11) is 1.79. The molecule has 0 bridgehead atoms. The molecule has 0 aromatic carbocycles. The van der Waals surface area contributed by atoms with Crippen LogP contribution < -0.4 is 11.1 Å². The van der Waals surface area contributed by atoms with Crippen LogP contribution in [0.4, 0.5) is 0 Å². The molecule has 1 saturated heterocycles. The summed E-state index contributed by atoms with van der Waals surface area (Å²) in [6.07, 6.45) is 5.85. The molecule has 0 spiro atoms. The number of rotatable bonds is 1. The van der Waals surface area contributed by atoms with Crippen molar-refractivity contribution in [1.82, 2.24) is 15.3 Å². The van der Waals surface area contributed by atoms with E-state index in [1.165, 1.54) is 6.33 Å². The van der Waals surface area contributed by atoms with Crippen molar-refractivity contribution in [1.29, 1.82) is 0 Å². The number of nitrogens with zero attached hydrogens (tertiary/aromatic N) is 3. The number of hydrogen-bond donors (Lipinski definition) is 2. The van der Waals surface area contributed by atoms with Crippen molar-refractivity contribution < 1.29 is 0 Å². The molecule has 5 heteroatoms. The molecular weight excluding hydrogens is 202 g/mol. The third-order valence-corrected chi connectivity index (χ3v) is 2.66. The zero-order valence-electron chi connectivity index (χ0n) is 9.27. The standard InChI is InChI=1S/C11H15N5/c1-13-10-6-14-3-2-9(10)11(12)8-4-15-7-16-5-8/h4-5,7,14H,2-3,6,12H2,1H3. The van der Waals surface area contributed by atoms with Gasteiger partial charge < -0.3 is 11.1 Å². The normalized spacial score (nSPS) is 22.2. The van der Waals surface area contributed by atoms with E-state index in [1.807, 2.05) is 0 Å². The number of piperidine rings is 1. The van der Waals surface area contributed by atoms with Gasteiger partial charge in [0, 0.05) is 37.2 Å². The van der Waals surface area contributed by atoms with Crippen LogP contribution in [-0.2, 0) is 0 Å². The fraction of sp³-hybridized carbons (Fsp3) is 0.364. The largest absolute Gasteiger partial charge is 0.398 e. The van der Waals surface area contributed by atoms with Crippen molar-refractivity contribution >= 4 is 11.4 Å². The zero-order valence-corrected chi connectivity index (χ0v) is 9.27. The van der Waals surface area contributed by atoms with Crippen molar-refractivity contribution in [2.24, 2.45) is 10.7 Å². The highest BCUT2D eigenvalue weighted by Gasteiger charge is 2.16. The Morgan fingerprint density at radius 1 is 1.44 bits per heavy atom. The summed E-state index contributed by atoms with van der Waals surface area (Å²) >= 11 is 0. The zero-order chi connectivity index (χ0) is 11.4. The Morgan fingerprint density at radius 3 is 2.88 bits per heavy atom. The summed E-state index contributed by atoms with van der Waals surface area (Å²) in [6, 6.07) is 0. The molecule has 0 unspecified atom stereocenters. The van der Waals surface area contributed by atoms with E-state index in [2.05, 4.69) is 20.3 Å². The van der Waals surface area contributed by atoms with Crippen molar-refractivity contribution in [2.75, 3.05) is 20.1 Å². The van der Waals surface area contributed by atoms with E-state index in [-0.39, 0.29) is 0 Å². The number of aromatic nitrogens is 2. The second-order valence-electron chi connectivity index (χ2n) is 3.62. The number of nitrogens with two attached hydrogens (primary N) is 1. The summed E-state index contributed by atoms with van der Waals surface area (Å²) in [4.78, 5) is 12.2. The Hall–Kier alpha value is -1.75. The molecule has 1 fully saturated rings. The lowest BCUT2D eigenvalue weighted by atomic mass is 9.98. The van der Waals surface area contributed by atoms with E-state index in [0.717, 1.165) is 42.1 Å². The third kappa shape index (κ3) is 2.09. The van der Waals surface area contributed by atoms with Crippen LogP contribution in [0.2, 0.25) is 0 Å². The molecule has 16 heavy (non-hydrogen) atoms. The predicted molar refractivity (Wildman–Crippen MR) is 64.0 cm³/mol. The Morgan fingerprint density at radius 2 is 2.19 bits per heavy atom. The highest BCUT2D eigenvalue weighted by atomic mass is 14.9. The number of hydrogen-bond acceptors (Lipinski definition) is 5. The Kier molecular flexibility index (Phi) is 3.26. The van der Waals surface area contributed by atoms with E-state index in [4.69, 9.17) is 5.73 Å². The fourth-order valence-electron chi connectivity index (χ4n) is 1.79. The van der Waals surface area contributed by atoms with Gasteiger partial charge in [-0.1, -0.05) is 0 Å².